The number of aliphatic hydroxyl groups is 1. The quantitative estimate of drug-likeness (QED) is 0.572. The zero-order valence-electron chi connectivity index (χ0n) is 9.88. The minimum Gasteiger partial charge on any atom is -0.479 e. The number of nitrogens with one attached hydrogen (secondary N) is 2. The van der Waals surface area contributed by atoms with Crippen molar-refractivity contribution in [1.82, 2.24) is 15.6 Å². The van der Waals surface area contributed by atoms with Gasteiger partial charge in [0.15, 0.2) is 6.10 Å². The van der Waals surface area contributed by atoms with E-state index in [4.69, 9.17) is 10.2 Å². The lowest BCUT2D eigenvalue weighted by molar-refractivity contribution is -0.146. The summed E-state index contributed by atoms with van der Waals surface area (Å²) in [6.45, 7) is 1.84. The zero-order valence-corrected chi connectivity index (χ0v) is 9.88. The molecule has 1 rings (SSSR count). The number of carboxylic acid groups (broad SMARTS) is 1. The minimum atomic E-state index is -1.60. The van der Waals surface area contributed by atoms with Gasteiger partial charge in [0.1, 0.15) is 0 Å². The fourth-order valence-electron chi connectivity index (χ4n) is 1.22. The van der Waals surface area contributed by atoms with Crippen LogP contribution in [0.15, 0.2) is 18.5 Å². The number of amides is 2. The number of carbonyl (C=O) groups excluding carboxylic acids is 1. The lowest BCUT2D eigenvalue weighted by Crippen LogP contribution is -2.41. The van der Waals surface area contributed by atoms with Crippen molar-refractivity contribution in [2.75, 3.05) is 6.54 Å². The molecule has 0 saturated carbocycles. The van der Waals surface area contributed by atoms with E-state index >= 15 is 0 Å². The molecule has 0 aliphatic carbocycles. The first-order chi connectivity index (χ1) is 8.50. The highest BCUT2D eigenvalue weighted by Crippen LogP contribution is 2.03. The van der Waals surface area contributed by atoms with Crippen molar-refractivity contribution >= 4 is 12.0 Å². The minimum absolute atomic E-state index is 0.309. The van der Waals surface area contributed by atoms with Gasteiger partial charge in [-0.1, -0.05) is 0 Å². The molecule has 18 heavy (non-hydrogen) atoms. The summed E-state index contributed by atoms with van der Waals surface area (Å²) in [5.74, 6) is -1.37. The topological polar surface area (TPSA) is 112 Å². The molecule has 1 aromatic rings. The third-order valence-electron chi connectivity index (χ3n) is 2.32. The highest BCUT2D eigenvalue weighted by molar-refractivity contribution is 5.76. The predicted molar refractivity (Wildman–Crippen MR) is 62.9 cm³/mol. The predicted octanol–water partition coefficient (Wildman–Crippen LogP) is -0.365. The zero-order chi connectivity index (χ0) is 13.5. The van der Waals surface area contributed by atoms with Crippen LogP contribution in [0.25, 0.3) is 0 Å². The second-order valence-corrected chi connectivity index (χ2v) is 3.72. The molecular weight excluding hydrogens is 238 g/mol. The van der Waals surface area contributed by atoms with Crippen LogP contribution in [0, 0.1) is 6.92 Å². The van der Waals surface area contributed by atoms with Gasteiger partial charge in [0, 0.05) is 18.9 Å². The number of carbonyl (C=O) groups is 2. The van der Waals surface area contributed by atoms with E-state index < -0.39 is 18.1 Å². The molecule has 1 atom stereocenters. The van der Waals surface area contributed by atoms with Crippen LogP contribution in [0.4, 0.5) is 4.79 Å². The molecular formula is C11H15N3O4. The average molecular weight is 253 g/mol. The summed E-state index contributed by atoms with van der Waals surface area (Å²) >= 11 is 0. The van der Waals surface area contributed by atoms with E-state index in [2.05, 4.69) is 15.6 Å². The molecule has 0 saturated heterocycles. The van der Waals surface area contributed by atoms with E-state index in [0.29, 0.717) is 6.54 Å². The Kier molecular flexibility index (Phi) is 5.06. The first kappa shape index (κ1) is 13.9. The van der Waals surface area contributed by atoms with E-state index in [0.717, 1.165) is 11.1 Å². The molecule has 1 aromatic heterocycles. The molecule has 0 spiro atoms. The number of urea groups is 1. The Hall–Kier alpha value is -2.15. The Morgan fingerprint density at radius 1 is 1.44 bits per heavy atom. The van der Waals surface area contributed by atoms with Gasteiger partial charge in [-0.2, -0.15) is 0 Å². The van der Waals surface area contributed by atoms with Crippen molar-refractivity contribution in [2.24, 2.45) is 0 Å². The summed E-state index contributed by atoms with van der Waals surface area (Å²) in [6, 6.07) is 1.24. The molecule has 0 aliphatic heterocycles. The molecule has 1 heterocycles. The Morgan fingerprint density at radius 3 is 2.78 bits per heavy atom. The van der Waals surface area contributed by atoms with E-state index in [1.807, 2.05) is 6.92 Å². The van der Waals surface area contributed by atoms with Crippen LogP contribution in [0.2, 0.25) is 0 Å². The summed E-state index contributed by atoms with van der Waals surface area (Å²) < 4.78 is 0. The van der Waals surface area contributed by atoms with E-state index in [1.54, 1.807) is 18.5 Å². The molecule has 7 nitrogen and oxygen atoms in total. The van der Waals surface area contributed by atoms with E-state index in [1.165, 1.54) is 0 Å². The van der Waals surface area contributed by atoms with Crippen LogP contribution in [-0.2, 0) is 11.3 Å². The summed E-state index contributed by atoms with van der Waals surface area (Å²) in [5.41, 5.74) is 1.86. The highest BCUT2D eigenvalue weighted by Gasteiger charge is 2.13. The van der Waals surface area contributed by atoms with Crippen LogP contribution in [0.3, 0.4) is 0 Å². The fourth-order valence-corrected chi connectivity index (χ4v) is 1.22. The van der Waals surface area contributed by atoms with Gasteiger partial charge >= 0.3 is 12.0 Å². The van der Waals surface area contributed by atoms with Gasteiger partial charge in [-0.3, -0.25) is 4.98 Å². The monoisotopic (exact) mass is 253 g/mol. The smallest absolute Gasteiger partial charge is 0.334 e. The van der Waals surface area contributed by atoms with E-state index in [-0.39, 0.29) is 6.54 Å². The number of rotatable bonds is 5. The number of pyridine rings is 1. The molecule has 0 fully saturated rings. The number of aliphatic hydroxyl groups excluding tert-OH is 1. The SMILES string of the molecule is Cc1cnccc1CNC(=O)NCC(O)C(=O)O. The number of hydrogen-bond acceptors (Lipinski definition) is 4. The van der Waals surface area contributed by atoms with Gasteiger partial charge in [0.2, 0.25) is 0 Å². The van der Waals surface area contributed by atoms with Crippen molar-refractivity contribution in [1.29, 1.82) is 0 Å². The number of nitrogens with zero attached hydrogens (tertiary/aromatic N) is 1. The summed E-state index contributed by atoms with van der Waals surface area (Å²) in [7, 11) is 0. The largest absolute Gasteiger partial charge is 0.479 e. The van der Waals surface area contributed by atoms with Crippen molar-refractivity contribution in [2.45, 2.75) is 19.6 Å². The van der Waals surface area contributed by atoms with Gasteiger partial charge in [-0.25, -0.2) is 9.59 Å². The molecule has 98 valence electrons. The first-order valence-electron chi connectivity index (χ1n) is 5.32. The van der Waals surface area contributed by atoms with Gasteiger partial charge in [-0.15, -0.1) is 0 Å². The molecule has 2 amide bonds. The van der Waals surface area contributed by atoms with Crippen molar-refractivity contribution in [3.8, 4) is 0 Å². The molecule has 0 aliphatic rings. The average Bonchev–Trinajstić information content (AvgIpc) is 2.34. The van der Waals surface area contributed by atoms with Crippen molar-refractivity contribution in [3.05, 3.63) is 29.6 Å². The first-order valence-corrected chi connectivity index (χ1v) is 5.32. The Labute approximate surface area is 104 Å². The van der Waals surface area contributed by atoms with Crippen LogP contribution in [0.5, 0.6) is 0 Å². The summed E-state index contributed by atoms with van der Waals surface area (Å²) in [6.07, 6.45) is 1.71. The van der Waals surface area contributed by atoms with Crippen LogP contribution >= 0.6 is 0 Å². The molecule has 1 unspecified atom stereocenters. The van der Waals surface area contributed by atoms with Gasteiger partial charge in [-0.05, 0) is 24.1 Å². The van der Waals surface area contributed by atoms with Crippen molar-refractivity contribution in [3.63, 3.8) is 0 Å². The Morgan fingerprint density at radius 2 is 2.17 bits per heavy atom. The maximum absolute atomic E-state index is 11.3. The highest BCUT2D eigenvalue weighted by atomic mass is 16.4. The number of carboxylic acids is 1. The summed E-state index contributed by atoms with van der Waals surface area (Å²) in [4.78, 5) is 25.5. The second-order valence-electron chi connectivity index (χ2n) is 3.72. The van der Waals surface area contributed by atoms with Gasteiger partial charge in [0.25, 0.3) is 0 Å². The standard InChI is InChI=1S/C11H15N3O4/c1-7-4-12-3-2-8(7)5-13-11(18)14-6-9(15)10(16)17/h2-4,9,15H,5-6H2,1H3,(H,16,17)(H2,13,14,18). The van der Waals surface area contributed by atoms with Crippen molar-refractivity contribution < 1.29 is 19.8 Å². The molecule has 4 N–H and O–H groups in total. The van der Waals surface area contributed by atoms with Crippen LogP contribution in [-0.4, -0.2) is 39.8 Å². The number of aromatic nitrogens is 1. The third kappa shape index (κ3) is 4.38. The maximum Gasteiger partial charge on any atom is 0.334 e. The lowest BCUT2D eigenvalue weighted by atomic mass is 10.1. The number of aliphatic carboxylic acids is 1. The number of hydrogen-bond donors (Lipinski definition) is 4. The maximum atomic E-state index is 11.3. The summed E-state index contributed by atoms with van der Waals surface area (Å²) in [5, 5.41) is 22.2. The molecule has 0 radical (unpaired) electrons. The molecule has 7 heteroatoms. The fraction of sp³-hybridized carbons (Fsp3) is 0.364. The molecule has 0 bridgehead atoms. The lowest BCUT2D eigenvalue weighted by Gasteiger charge is -2.10. The third-order valence-corrected chi connectivity index (χ3v) is 2.32. The molecule has 0 aromatic carbocycles. The second kappa shape index (κ2) is 6.55. The Balaban J connectivity index is 2.34. The van der Waals surface area contributed by atoms with Gasteiger partial charge < -0.3 is 20.8 Å². The Bertz CT molecular complexity index is 436. The normalized spacial score (nSPS) is 11.7. The van der Waals surface area contributed by atoms with E-state index in [9.17, 15) is 9.59 Å². The van der Waals surface area contributed by atoms with Gasteiger partial charge in [0.05, 0.1) is 6.54 Å². The van der Waals surface area contributed by atoms with Crippen LogP contribution in [0.1, 0.15) is 11.1 Å². The van der Waals surface area contributed by atoms with Crippen LogP contribution < -0.4 is 10.6 Å². The number of aryl methyl sites for hydroxylation is 1.